The van der Waals surface area contributed by atoms with Gasteiger partial charge in [0.25, 0.3) is 0 Å². The van der Waals surface area contributed by atoms with Gasteiger partial charge < -0.3 is 14.6 Å². The monoisotopic (exact) mass is 404 g/mol. The molecule has 3 aromatic rings. The number of hydrogen-bond acceptors (Lipinski definition) is 5. The summed E-state index contributed by atoms with van der Waals surface area (Å²) in [6, 6.07) is 22.0. The summed E-state index contributed by atoms with van der Waals surface area (Å²) in [5.41, 5.74) is 1.97. The van der Waals surface area contributed by atoms with Crippen LogP contribution in [0.2, 0.25) is 0 Å². The SMILES string of the molecule is O=C(NC(=Cc1ccc(OCc2ccccc2)nc1)C(=O)O)OCc1ccccc1. The van der Waals surface area contributed by atoms with E-state index in [2.05, 4.69) is 10.3 Å². The van der Waals surface area contributed by atoms with E-state index in [9.17, 15) is 14.7 Å². The zero-order valence-corrected chi connectivity index (χ0v) is 16.0. The maximum atomic E-state index is 11.9. The normalized spacial score (nSPS) is 10.9. The second-order valence-electron chi connectivity index (χ2n) is 6.25. The van der Waals surface area contributed by atoms with E-state index in [1.54, 1.807) is 24.3 Å². The molecule has 0 radical (unpaired) electrons. The van der Waals surface area contributed by atoms with Crippen LogP contribution in [0, 0.1) is 0 Å². The number of hydrogen-bond donors (Lipinski definition) is 2. The Morgan fingerprint density at radius 3 is 2.10 bits per heavy atom. The summed E-state index contributed by atoms with van der Waals surface area (Å²) in [6.45, 7) is 0.410. The third-order valence-electron chi connectivity index (χ3n) is 3.98. The molecule has 0 aliphatic carbocycles. The molecule has 1 heterocycles. The number of ether oxygens (including phenoxy) is 2. The van der Waals surface area contributed by atoms with E-state index in [0.717, 1.165) is 11.1 Å². The predicted octanol–water partition coefficient (Wildman–Crippen LogP) is 4.01. The van der Waals surface area contributed by atoms with Crippen molar-refractivity contribution >= 4 is 18.1 Å². The Morgan fingerprint density at radius 1 is 0.900 bits per heavy atom. The van der Waals surface area contributed by atoms with Gasteiger partial charge in [0.05, 0.1) is 0 Å². The maximum Gasteiger partial charge on any atom is 0.412 e. The van der Waals surface area contributed by atoms with Gasteiger partial charge in [0.2, 0.25) is 5.88 Å². The maximum absolute atomic E-state index is 11.9. The molecule has 0 atom stereocenters. The molecule has 0 aliphatic heterocycles. The van der Waals surface area contributed by atoms with Gasteiger partial charge in [-0.25, -0.2) is 14.6 Å². The minimum atomic E-state index is -1.30. The Morgan fingerprint density at radius 2 is 1.53 bits per heavy atom. The van der Waals surface area contributed by atoms with Crippen LogP contribution in [0.15, 0.2) is 84.7 Å². The van der Waals surface area contributed by atoms with Gasteiger partial charge >= 0.3 is 12.1 Å². The molecule has 152 valence electrons. The van der Waals surface area contributed by atoms with Crippen LogP contribution in [0.4, 0.5) is 4.79 Å². The van der Waals surface area contributed by atoms with Crippen molar-refractivity contribution in [1.29, 1.82) is 0 Å². The zero-order chi connectivity index (χ0) is 21.2. The van der Waals surface area contributed by atoms with Crippen molar-refractivity contribution in [3.8, 4) is 5.88 Å². The van der Waals surface area contributed by atoms with Crippen molar-refractivity contribution in [2.75, 3.05) is 0 Å². The third-order valence-corrected chi connectivity index (χ3v) is 3.98. The molecule has 1 amide bonds. The summed E-state index contributed by atoms with van der Waals surface area (Å²) in [5.74, 6) is -0.890. The van der Waals surface area contributed by atoms with E-state index in [0.29, 0.717) is 18.1 Å². The van der Waals surface area contributed by atoms with Crippen LogP contribution in [-0.2, 0) is 22.7 Å². The predicted molar refractivity (Wildman–Crippen MR) is 110 cm³/mol. The second-order valence-corrected chi connectivity index (χ2v) is 6.25. The first kappa shape index (κ1) is 20.6. The molecule has 2 N–H and O–H groups in total. The molecule has 7 heteroatoms. The van der Waals surface area contributed by atoms with Gasteiger partial charge in [0, 0.05) is 12.3 Å². The summed E-state index contributed by atoms with van der Waals surface area (Å²) >= 11 is 0. The average Bonchev–Trinajstić information content (AvgIpc) is 2.78. The first-order valence-electron chi connectivity index (χ1n) is 9.15. The highest BCUT2D eigenvalue weighted by molar-refractivity contribution is 5.95. The number of alkyl carbamates (subject to hydrolysis) is 1. The molecule has 0 saturated heterocycles. The van der Waals surface area contributed by atoms with E-state index >= 15 is 0 Å². The minimum Gasteiger partial charge on any atom is -0.477 e. The molecule has 1 aromatic heterocycles. The van der Waals surface area contributed by atoms with Gasteiger partial charge in [-0.2, -0.15) is 0 Å². The van der Waals surface area contributed by atoms with Crippen molar-refractivity contribution < 1.29 is 24.2 Å². The van der Waals surface area contributed by atoms with Crippen LogP contribution in [0.1, 0.15) is 16.7 Å². The molecule has 30 heavy (non-hydrogen) atoms. The number of amides is 1. The molecule has 7 nitrogen and oxygen atoms in total. The highest BCUT2D eigenvalue weighted by Crippen LogP contribution is 2.13. The van der Waals surface area contributed by atoms with E-state index in [1.165, 1.54) is 12.3 Å². The molecular formula is C23H20N2O5. The number of carboxylic acid groups (broad SMARTS) is 1. The van der Waals surface area contributed by atoms with Crippen LogP contribution in [0.3, 0.4) is 0 Å². The first-order chi connectivity index (χ1) is 14.6. The fourth-order valence-electron chi connectivity index (χ4n) is 2.48. The van der Waals surface area contributed by atoms with Gasteiger partial charge in [-0.05, 0) is 28.8 Å². The lowest BCUT2D eigenvalue weighted by molar-refractivity contribution is -0.132. The Hall–Kier alpha value is -4.13. The van der Waals surface area contributed by atoms with Crippen molar-refractivity contribution in [2.24, 2.45) is 0 Å². The van der Waals surface area contributed by atoms with Crippen molar-refractivity contribution in [2.45, 2.75) is 13.2 Å². The van der Waals surface area contributed by atoms with E-state index in [4.69, 9.17) is 9.47 Å². The molecule has 0 aliphatic rings. The van der Waals surface area contributed by atoms with Crippen molar-refractivity contribution in [3.63, 3.8) is 0 Å². The summed E-state index contributed by atoms with van der Waals surface area (Å²) in [6.07, 6.45) is 1.89. The first-order valence-corrected chi connectivity index (χ1v) is 9.15. The van der Waals surface area contributed by atoms with Crippen LogP contribution in [0.5, 0.6) is 5.88 Å². The number of pyridine rings is 1. The smallest absolute Gasteiger partial charge is 0.412 e. The van der Waals surface area contributed by atoms with E-state index < -0.39 is 12.1 Å². The fraction of sp³-hybridized carbons (Fsp3) is 0.0870. The molecule has 0 spiro atoms. The fourth-order valence-corrected chi connectivity index (χ4v) is 2.48. The lowest BCUT2D eigenvalue weighted by atomic mass is 10.2. The number of nitrogens with one attached hydrogen (secondary N) is 1. The van der Waals surface area contributed by atoms with Crippen molar-refractivity contribution in [3.05, 3.63) is 101 Å². The lowest BCUT2D eigenvalue weighted by Gasteiger charge is -2.08. The molecule has 0 saturated carbocycles. The molecule has 0 fully saturated rings. The third kappa shape index (κ3) is 6.49. The summed E-state index contributed by atoms with van der Waals surface area (Å²) in [7, 11) is 0. The van der Waals surface area contributed by atoms with Gasteiger partial charge in [-0.15, -0.1) is 0 Å². The van der Waals surface area contributed by atoms with Crippen LogP contribution in [0.25, 0.3) is 6.08 Å². The Bertz CT molecular complexity index is 1000. The topological polar surface area (TPSA) is 97.8 Å². The molecule has 3 rings (SSSR count). The Labute approximate surface area is 173 Å². The highest BCUT2D eigenvalue weighted by atomic mass is 16.5. The summed E-state index contributed by atoms with van der Waals surface area (Å²) in [4.78, 5) is 27.5. The molecule has 2 aromatic carbocycles. The number of nitrogens with zero attached hydrogens (tertiary/aromatic N) is 1. The van der Waals surface area contributed by atoms with Gasteiger partial charge in [-0.1, -0.05) is 60.7 Å². The van der Waals surface area contributed by atoms with Crippen LogP contribution >= 0.6 is 0 Å². The number of aliphatic carboxylic acids is 1. The lowest BCUT2D eigenvalue weighted by Crippen LogP contribution is -2.27. The van der Waals surface area contributed by atoms with Crippen molar-refractivity contribution in [1.82, 2.24) is 10.3 Å². The van der Waals surface area contributed by atoms with E-state index in [1.807, 2.05) is 48.5 Å². The van der Waals surface area contributed by atoms with Crippen LogP contribution < -0.4 is 10.1 Å². The van der Waals surface area contributed by atoms with E-state index in [-0.39, 0.29) is 12.3 Å². The number of rotatable bonds is 8. The Balaban J connectivity index is 1.57. The average molecular weight is 404 g/mol. The zero-order valence-electron chi connectivity index (χ0n) is 16.0. The molecular weight excluding hydrogens is 384 g/mol. The largest absolute Gasteiger partial charge is 0.477 e. The minimum absolute atomic E-state index is 0.0363. The highest BCUT2D eigenvalue weighted by Gasteiger charge is 2.13. The summed E-state index contributed by atoms with van der Waals surface area (Å²) < 4.78 is 10.6. The second kappa shape index (κ2) is 10.4. The number of aromatic nitrogens is 1. The number of benzene rings is 2. The number of carboxylic acids is 1. The molecule has 0 unspecified atom stereocenters. The number of carbonyl (C=O) groups excluding carboxylic acids is 1. The number of carbonyl (C=O) groups is 2. The van der Waals surface area contributed by atoms with Gasteiger partial charge in [-0.3, -0.25) is 5.32 Å². The van der Waals surface area contributed by atoms with Gasteiger partial charge in [0.1, 0.15) is 18.9 Å². The standard InChI is InChI=1S/C23H20N2O5/c26-22(27)20(25-23(28)30-16-18-9-5-2-6-10-18)13-19-11-12-21(24-14-19)29-15-17-7-3-1-4-8-17/h1-14H,15-16H2,(H,25,28)(H,26,27). The Kier molecular flexibility index (Phi) is 7.16. The summed E-state index contributed by atoms with van der Waals surface area (Å²) in [5, 5.41) is 11.6. The van der Waals surface area contributed by atoms with Gasteiger partial charge in [0.15, 0.2) is 0 Å². The quantitative estimate of drug-likeness (QED) is 0.551. The van der Waals surface area contributed by atoms with Crippen LogP contribution in [-0.4, -0.2) is 22.2 Å². The molecule has 0 bridgehead atoms.